The molecule has 1 heterocycles. The number of carbonyl (C=O) groups excluding carboxylic acids is 1. The lowest BCUT2D eigenvalue weighted by Gasteiger charge is -2.29. The van der Waals surface area contributed by atoms with Gasteiger partial charge >= 0.3 is 0 Å². The van der Waals surface area contributed by atoms with Crippen LogP contribution in [0.2, 0.25) is 0 Å². The first-order chi connectivity index (χ1) is 8.45. The fraction of sp³-hybridized carbons (Fsp3) is 0.933. The third kappa shape index (κ3) is 4.97. The van der Waals surface area contributed by atoms with Crippen molar-refractivity contribution in [2.24, 2.45) is 11.3 Å². The number of carbonyl (C=O) groups is 1. The molecule has 0 aromatic rings. The standard InChI is InChI=1S/C15H30N2O/c1-5-9-16-12-14(18)17-10-6-7-13(8-11-17)15(2,3)4/h13,16H,5-12H2,1-4H3. The second-order valence-corrected chi connectivity index (χ2v) is 6.55. The Morgan fingerprint density at radius 1 is 1.28 bits per heavy atom. The van der Waals surface area contributed by atoms with Gasteiger partial charge in [0.1, 0.15) is 0 Å². The average Bonchev–Trinajstić information content (AvgIpc) is 2.54. The van der Waals surface area contributed by atoms with Crippen molar-refractivity contribution in [1.82, 2.24) is 10.2 Å². The summed E-state index contributed by atoms with van der Waals surface area (Å²) in [6, 6.07) is 0. The molecule has 0 radical (unpaired) electrons. The largest absolute Gasteiger partial charge is 0.342 e. The van der Waals surface area contributed by atoms with Crippen molar-refractivity contribution in [1.29, 1.82) is 0 Å². The third-order valence-corrected chi connectivity index (χ3v) is 4.01. The summed E-state index contributed by atoms with van der Waals surface area (Å²) in [5.74, 6) is 1.02. The van der Waals surface area contributed by atoms with Gasteiger partial charge in [0.15, 0.2) is 0 Å². The Labute approximate surface area is 112 Å². The van der Waals surface area contributed by atoms with E-state index in [9.17, 15) is 4.79 Å². The second kappa shape index (κ2) is 7.13. The highest BCUT2D eigenvalue weighted by molar-refractivity contribution is 5.78. The van der Waals surface area contributed by atoms with Crippen LogP contribution in [0.1, 0.15) is 53.4 Å². The van der Waals surface area contributed by atoms with E-state index < -0.39 is 0 Å². The zero-order valence-corrected chi connectivity index (χ0v) is 12.6. The summed E-state index contributed by atoms with van der Waals surface area (Å²) in [5.41, 5.74) is 0.375. The monoisotopic (exact) mass is 254 g/mol. The van der Waals surface area contributed by atoms with Gasteiger partial charge in [-0.2, -0.15) is 0 Å². The summed E-state index contributed by atoms with van der Waals surface area (Å²) in [4.78, 5) is 14.1. The SMILES string of the molecule is CCCNCC(=O)N1CCCC(C(C)(C)C)CC1. The highest BCUT2D eigenvalue weighted by Crippen LogP contribution is 2.34. The molecule has 1 aliphatic rings. The Morgan fingerprint density at radius 2 is 2.00 bits per heavy atom. The molecule has 1 saturated heterocycles. The molecule has 0 spiro atoms. The molecule has 1 unspecified atom stereocenters. The number of nitrogens with zero attached hydrogens (tertiary/aromatic N) is 1. The number of likely N-dealkylation sites (tertiary alicyclic amines) is 1. The molecule has 0 saturated carbocycles. The zero-order chi connectivity index (χ0) is 13.6. The van der Waals surface area contributed by atoms with Crippen LogP contribution in [-0.2, 0) is 4.79 Å². The van der Waals surface area contributed by atoms with Crippen LogP contribution in [0.15, 0.2) is 0 Å². The maximum absolute atomic E-state index is 12.0. The Kier molecular flexibility index (Phi) is 6.13. The van der Waals surface area contributed by atoms with Crippen LogP contribution >= 0.6 is 0 Å². The maximum Gasteiger partial charge on any atom is 0.236 e. The highest BCUT2D eigenvalue weighted by Gasteiger charge is 2.28. The molecule has 1 amide bonds. The molecule has 0 aromatic carbocycles. The van der Waals surface area contributed by atoms with Crippen LogP contribution in [0.4, 0.5) is 0 Å². The van der Waals surface area contributed by atoms with E-state index in [2.05, 4.69) is 37.9 Å². The Balaban J connectivity index is 2.39. The van der Waals surface area contributed by atoms with Gasteiger partial charge < -0.3 is 10.2 Å². The molecule has 18 heavy (non-hydrogen) atoms. The number of nitrogens with one attached hydrogen (secondary N) is 1. The normalized spacial score (nSPS) is 21.8. The molecule has 1 atom stereocenters. The quantitative estimate of drug-likeness (QED) is 0.782. The first-order valence-corrected chi connectivity index (χ1v) is 7.43. The van der Waals surface area contributed by atoms with Crippen LogP contribution in [0.25, 0.3) is 0 Å². The minimum absolute atomic E-state index is 0.276. The predicted molar refractivity (Wildman–Crippen MR) is 76.5 cm³/mol. The first-order valence-electron chi connectivity index (χ1n) is 7.43. The van der Waals surface area contributed by atoms with E-state index in [0.717, 1.165) is 44.8 Å². The molecular weight excluding hydrogens is 224 g/mol. The van der Waals surface area contributed by atoms with E-state index in [0.29, 0.717) is 12.0 Å². The van der Waals surface area contributed by atoms with E-state index in [-0.39, 0.29) is 5.91 Å². The van der Waals surface area contributed by atoms with Gasteiger partial charge in [-0.25, -0.2) is 0 Å². The van der Waals surface area contributed by atoms with Gasteiger partial charge in [-0.05, 0) is 43.6 Å². The van der Waals surface area contributed by atoms with Gasteiger partial charge in [-0.1, -0.05) is 27.7 Å². The number of hydrogen-bond donors (Lipinski definition) is 1. The molecule has 106 valence electrons. The topological polar surface area (TPSA) is 32.3 Å². The minimum Gasteiger partial charge on any atom is -0.342 e. The smallest absolute Gasteiger partial charge is 0.236 e. The van der Waals surface area contributed by atoms with E-state index in [1.165, 1.54) is 6.42 Å². The lowest BCUT2D eigenvalue weighted by Crippen LogP contribution is -2.39. The molecular formula is C15H30N2O. The average molecular weight is 254 g/mol. The van der Waals surface area contributed by atoms with E-state index in [1.54, 1.807) is 0 Å². The van der Waals surface area contributed by atoms with Crippen molar-refractivity contribution >= 4 is 5.91 Å². The van der Waals surface area contributed by atoms with Gasteiger partial charge in [0.05, 0.1) is 6.54 Å². The lowest BCUT2D eigenvalue weighted by molar-refractivity contribution is -0.130. The summed E-state index contributed by atoms with van der Waals surface area (Å²) in [6.45, 7) is 12.4. The first kappa shape index (κ1) is 15.5. The molecule has 1 rings (SSSR count). The number of hydrogen-bond acceptors (Lipinski definition) is 2. The van der Waals surface area contributed by atoms with Gasteiger partial charge in [-0.3, -0.25) is 4.79 Å². The van der Waals surface area contributed by atoms with Crippen molar-refractivity contribution in [3.63, 3.8) is 0 Å². The zero-order valence-electron chi connectivity index (χ0n) is 12.6. The summed E-state index contributed by atoms with van der Waals surface area (Å²) in [6.07, 6.45) is 4.65. The van der Waals surface area contributed by atoms with Crippen molar-refractivity contribution in [3.8, 4) is 0 Å². The molecule has 1 N–H and O–H groups in total. The number of rotatable bonds is 4. The molecule has 3 heteroatoms. The third-order valence-electron chi connectivity index (χ3n) is 4.01. The van der Waals surface area contributed by atoms with Crippen LogP contribution < -0.4 is 5.32 Å². The van der Waals surface area contributed by atoms with Crippen LogP contribution in [-0.4, -0.2) is 37.0 Å². The van der Waals surface area contributed by atoms with Gasteiger partial charge in [0, 0.05) is 13.1 Å². The Morgan fingerprint density at radius 3 is 2.61 bits per heavy atom. The van der Waals surface area contributed by atoms with Gasteiger partial charge in [0.25, 0.3) is 0 Å². The van der Waals surface area contributed by atoms with E-state index >= 15 is 0 Å². The van der Waals surface area contributed by atoms with Crippen LogP contribution in [0.3, 0.4) is 0 Å². The molecule has 0 aliphatic carbocycles. The fourth-order valence-corrected chi connectivity index (χ4v) is 2.70. The Bertz CT molecular complexity index is 258. The summed E-state index contributed by atoms with van der Waals surface area (Å²) in [5, 5.41) is 3.20. The van der Waals surface area contributed by atoms with Crippen LogP contribution in [0, 0.1) is 11.3 Å². The van der Waals surface area contributed by atoms with Crippen molar-refractivity contribution < 1.29 is 4.79 Å². The Hall–Kier alpha value is -0.570. The second-order valence-electron chi connectivity index (χ2n) is 6.55. The molecule has 3 nitrogen and oxygen atoms in total. The predicted octanol–water partition coefficient (Wildman–Crippen LogP) is 2.66. The lowest BCUT2D eigenvalue weighted by atomic mass is 9.77. The molecule has 1 aliphatic heterocycles. The summed E-state index contributed by atoms with van der Waals surface area (Å²) >= 11 is 0. The van der Waals surface area contributed by atoms with Crippen LogP contribution in [0.5, 0.6) is 0 Å². The van der Waals surface area contributed by atoms with E-state index in [1.807, 2.05) is 0 Å². The van der Waals surface area contributed by atoms with Crippen molar-refractivity contribution in [2.75, 3.05) is 26.2 Å². The van der Waals surface area contributed by atoms with Crippen molar-refractivity contribution in [2.45, 2.75) is 53.4 Å². The minimum atomic E-state index is 0.276. The van der Waals surface area contributed by atoms with Gasteiger partial charge in [0.2, 0.25) is 5.91 Å². The van der Waals surface area contributed by atoms with Gasteiger partial charge in [-0.15, -0.1) is 0 Å². The maximum atomic E-state index is 12.0. The van der Waals surface area contributed by atoms with E-state index in [4.69, 9.17) is 0 Å². The summed E-state index contributed by atoms with van der Waals surface area (Å²) < 4.78 is 0. The molecule has 0 aromatic heterocycles. The summed E-state index contributed by atoms with van der Waals surface area (Å²) in [7, 11) is 0. The fourth-order valence-electron chi connectivity index (χ4n) is 2.70. The number of amides is 1. The molecule has 1 fully saturated rings. The highest BCUT2D eigenvalue weighted by atomic mass is 16.2. The van der Waals surface area contributed by atoms with Crippen molar-refractivity contribution in [3.05, 3.63) is 0 Å². The molecule has 0 bridgehead atoms.